The van der Waals surface area contributed by atoms with Gasteiger partial charge in [-0.2, -0.15) is 8.42 Å². The maximum Gasteiger partial charge on any atom is 0.286 e. The van der Waals surface area contributed by atoms with Crippen LogP contribution in [0.1, 0.15) is 25.8 Å². The molecule has 3 heterocycles. The number of nitrogens with zero attached hydrogens (tertiary/aromatic N) is 3. The average Bonchev–Trinajstić information content (AvgIpc) is 2.77. The minimum absolute atomic E-state index is 0.109. The highest BCUT2D eigenvalue weighted by Gasteiger charge is 2.30. The quantitative estimate of drug-likeness (QED) is 0.453. The molecule has 0 aliphatic carbocycles. The van der Waals surface area contributed by atoms with Crippen LogP contribution in [0.4, 0.5) is 5.69 Å². The van der Waals surface area contributed by atoms with Gasteiger partial charge in [-0.25, -0.2) is 4.98 Å². The van der Waals surface area contributed by atoms with Crippen molar-refractivity contribution < 1.29 is 23.1 Å². The number of aromatic nitrogens is 2. The Balaban J connectivity index is 1.85. The van der Waals surface area contributed by atoms with Gasteiger partial charge in [0.1, 0.15) is 27.6 Å². The highest BCUT2D eigenvalue weighted by atomic mass is 32.2. The number of aryl methyl sites for hydroxylation is 1. The maximum absolute atomic E-state index is 13.4. The van der Waals surface area contributed by atoms with Crippen LogP contribution in [-0.4, -0.2) is 41.4 Å². The van der Waals surface area contributed by atoms with Crippen molar-refractivity contribution in [3.8, 4) is 11.5 Å². The van der Waals surface area contributed by atoms with Crippen LogP contribution in [0.2, 0.25) is 0 Å². The van der Waals surface area contributed by atoms with E-state index in [0.29, 0.717) is 29.9 Å². The zero-order valence-electron chi connectivity index (χ0n) is 18.5. The number of aromatic hydroxyl groups is 1. The summed E-state index contributed by atoms with van der Waals surface area (Å²) in [4.78, 5) is 28.4. The van der Waals surface area contributed by atoms with Crippen LogP contribution in [0.3, 0.4) is 0 Å². The largest absolute Gasteiger partial charge is 0.506 e. The number of nitrogens with one attached hydrogen (secondary N) is 1. The van der Waals surface area contributed by atoms with Gasteiger partial charge in [-0.05, 0) is 36.6 Å². The molecule has 1 amide bonds. The number of amidine groups is 1. The fraction of sp³-hybridized carbons (Fsp3) is 0.273. The third-order valence-electron chi connectivity index (χ3n) is 5.24. The Bertz CT molecular complexity index is 1490. The summed E-state index contributed by atoms with van der Waals surface area (Å²) in [5.41, 5.74) is 4.60. The number of amides is 1. The summed E-state index contributed by atoms with van der Waals surface area (Å²) in [6, 6.07) is 7.26. The van der Waals surface area contributed by atoms with Crippen molar-refractivity contribution in [3.05, 3.63) is 52.4 Å². The van der Waals surface area contributed by atoms with Gasteiger partial charge in [0.2, 0.25) is 0 Å². The average molecular weight is 486 g/mol. The van der Waals surface area contributed by atoms with Crippen LogP contribution < -0.4 is 21.3 Å². The van der Waals surface area contributed by atoms with E-state index in [-0.39, 0.29) is 27.7 Å². The second-order valence-electron chi connectivity index (χ2n) is 8.19. The van der Waals surface area contributed by atoms with Crippen molar-refractivity contribution in [1.82, 2.24) is 9.55 Å². The van der Waals surface area contributed by atoms with Crippen molar-refractivity contribution in [2.24, 2.45) is 16.0 Å². The molecule has 0 spiro atoms. The van der Waals surface area contributed by atoms with E-state index >= 15 is 0 Å². The number of ether oxygens (including phenoxy) is 1. The van der Waals surface area contributed by atoms with Crippen molar-refractivity contribution in [1.29, 1.82) is 0 Å². The predicted molar refractivity (Wildman–Crippen MR) is 126 cm³/mol. The molecule has 0 atom stereocenters. The van der Waals surface area contributed by atoms with E-state index in [9.17, 15) is 23.1 Å². The smallest absolute Gasteiger partial charge is 0.286 e. The van der Waals surface area contributed by atoms with Gasteiger partial charge in [0, 0.05) is 18.8 Å². The summed E-state index contributed by atoms with van der Waals surface area (Å²) in [6.07, 6.45) is 2.19. The number of hydrogen-bond donors (Lipinski definition) is 3. The molecule has 1 aromatic carbocycles. The fourth-order valence-electron chi connectivity index (χ4n) is 3.56. The van der Waals surface area contributed by atoms with E-state index in [1.807, 2.05) is 13.8 Å². The van der Waals surface area contributed by atoms with Gasteiger partial charge in [-0.3, -0.25) is 14.2 Å². The number of anilines is 1. The molecular formula is C22H23N5O6S. The summed E-state index contributed by atoms with van der Waals surface area (Å²) in [7, 11) is -4.27. The number of carbonyl (C=O) groups is 1. The molecular weight excluding hydrogens is 462 g/mol. The molecule has 0 unspecified atom stereocenters. The number of hydrogen-bond acceptors (Lipinski definition) is 8. The van der Waals surface area contributed by atoms with Gasteiger partial charge in [-0.15, -0.1) is 4.40 Å². The molecule has 0 saturated carbocycles. The van der Waals surface area contributed by atoms with Crippen LogP contribution >= 0.6 is 0 Å². The molecule has 0 fully saturated rings. The van der Waals surface area contributed by atoms with E-state index in [1.54, 1.807) is 12.1 Å². The summed E-state index contributed by atoms with van der Waals surface area (Å²) >= 11 is 0. The molecule has 4 rings (SSSR count). The molecule has 3 aromatic rings. The Morgan fingerprint density at radius 3 is 2.76 bits per heavy atom. The second-order valence-corrected chi connectivity index (χ2v) is 9.76. The van der Waals surface area contributed by atoms with Gasteiger partial charge >= 0.3 is 0 Å². The minimum Gasteiger partial charge on any atom is -0.506 e. The highest BCUT2D eigenvalue weighted by Crippen LogP contribution is 2.34. The third kappa shape index (κ3) is 4.31. The normalized spacial score (nSPS) is 14.4. The Hall–Kier alpha value is -3.93. The molecule has 0 bridgehead atoms. The van der Waals surface area contributed by atoms with Crippen molar-refractivity contribution in [3.63, 3.8) is 0 Å². The summed E-state index contributed by atoms with van der Waals surface area (Å²) in [5.74, 6) is -1.03. The summed E-state index contributed by atoms with van der Waals surface area (Å²) in [6.45, 7) is 3.93. The van der Waals surface area contributed by atoms with E-state index in [4.69, 9.17) is 10.5 Å². The number of nitrogens with two attached hydrogens (primary N) is 1. The van der Waals surface area contributed by atoms with E-state index in [0.717, 1.165) is 0 Å². The lowest BCUT2D eigenvalue weighted by Crippen LogP contribution is -2.33. The zero-order chi connectivity index (χ0) is 24.6. The predicted octanol–water partition coefficient (Wildman–Crippen LogP) is 1.57. The first-order chi connectivity index (χ1) is 16.1. The molecule has 0 radical (unpaired) electrons. The third-order valence-corrected chi connectivity index (χ3v) is 6.55. The minimum atomic E-state index is -4.27. The van der Waals surface area contributed by atoms with Crippen molar-refractivity contribution in [2.45, 2.75) is 31.7 Å². The zero-order valence-corrected chi connectivity index (χ0v) is 19.3. The van der Waals surface area contributed by atoms with Gasteiger partial charge in [0.25, 0.3) is 21.5 Å². The molecule has 11 nitrogen and oxygen atoms in total. The Morgan fingerprint density at radius 1 is 1.29 bits per heavy atom. The van der Waals surface area contributed by atoms with Gasteiger partial charge in [-0.1, -0.05) is 13.8 Å². The number of pyridine rings is 2. The lowest BCUT2D eigenvalue weighted by molar-refractivity contribution is -0.119. The number of primary amides is 1. The number of carbonyl (C=O) groups excluding carboxylic acids is 1. The van der Waals surface area contributed by atoms with Crippen molar-refractivity contribution in [2.75, 3.05) is 11.9 Å². The maximum atomic E-state index is 13.4. The molecule has 12 heteroatoms. The topological polar surface area (TPSA) is 166 Å². The van der Waals surface area contributed by atoms with E-state index in [1.165, 1.54) is 29.0 Å². The first-order valence-electron chi connectivity index (χ1n) is 10.5. The monoisotopic (exact) mass is 485 g/mol. The molecule has 1 aliphatic rings. The Labute approximate surface area is 195 Å². The molecule has 178 valence electrons. The van der Waals surface area contributed by atoms with Crippen LogP contribution in [0.5, 0.6) is 11.5 Å². The molecule has 0 saturated heterocycles. The molecule has 34 heavy (non-hydrogen) atoms. The van der Waals surface area contributed by atoms with Crippen LogP contribution in [-0.2, 0) is 21.4 Å². The fourth-order valence-corrected chi connectivity index (χ4v) is 4.70. The standard InChI is InChI=1S/C22H23N5O6S/c1-12(2)7-9-27-21-14(4-3-8-24-21)19(29)18(22(27)30)20-25-15-6-5-13(33-11-17(23)28)10-16(15)34(31,32)26-20/h3-6,8,10,12,29H,7,9,11H2,1-2H3,(H2,23,28)(H,25,26). The van der Waals surface area contributed by atoms with Crippen LogP contribution in [0, 0.1) is 5.92 Å². The first kappa shape index (κ1) is 23.2. The SMILES string of the molecule is CC(C)CCn1c(=O)c(C2=NS(=O)(=O)c3cc(OCC(N)=O)ccc3N2)c(O)c2cccnc21. The van der Waals surface area contributed by atoms with Crippen LogP contribution in [0.25, 0.3) is 11.0 Å². The lowest BCUT2D eigenvalue weighted by atomic mass is 10.1. The Morgan fingerprint density at radius 2 is 2.06 bits per heavy atom. The molecule has 1 aliphatic heterocycles. The van der Waals surface area contributed by atoms with Gasteiger partial charge < -0.3 is 20.9 Å². The van der Waals surface area contributed by atoms with E-state index < -0.39 is 33.8 Å². The molecule has 2 aromatic heterocycles. The second kappa shape index (κ2) is 8.78. The number of rotatable bonds is 7. The van der Waals surface area contributed by atoms with Gasteiger partial charge in [0.15, 0.2) is 12.4 Å². The molecule has 4 N–H and O–H groups in total. The first-order valence-corrected chi connectivity index (χ1v) is 11.9. The Kier molecular flexibility index (Phi) is 6.00. The number of sulfonamides is 1. The summed E-state index contributed by atoms with van der Waals surface area (Å²) < 4.78 is 36.3. The number of benzene rings is 1. The van der Waals surface area contributed by atoms with Crippen molar-refractivity contribution >= 4 is 38.5 Å². The highest BCUT2D eigenvalue weighted by molar-refractivity contribution is 7.90. The van der Waals surface area contributed by atoms with Gasteiger partial charge in [0.05, 0.1) is 11.1 Å². The van der Waals surface area contributed by atoms with E-state index in [2.05, 4.69) is 14.7 Å². The number of fused-ring (bicyclic) bond motifs is 2. The lowest BCUT2D eigenvalue weighted by Gasteiger charge is -2.21. The van der Waals surface area contributed by atoms with Crippen LogP contribution in [0.15, 0.2) is 50.6 Å². The summed E-state index contributed by atoms with van der Waals surface area (Å²) in [5, 5.41) is 14.1.